The average molecular weight is 556 g/mol. The lowest BCUT2D eigenvalue weighted by Crippen LogP contribution is -2.42. The molecule has 3 aromatic carbocycles. The SMILES string of the molecule is CSCC[C@H](NC(=O)c1cc(/C=C/Cn2ccnc2)ccc1CCc1ccc(F)cc1)C(=O)Cc1ccccc1. The van der Waals surface area contributed by atoms with Crippen molar-refractivity contribution in [3.63, 3.8) is 0 Å². The molecule has 0 bridgehead atoms. The number of benzene rings is 3. The first-order valence-corrected chi connectivity index (χ1v) is 14.8. The van der Waals surface area contributed by atoms with Crippen LogP contribution in [0.1, 0.15) is 39.0 Å². The molecule has 7 heteroatoms. The second-order valence-corrected chi connectivity index (χ2v) is 10.6. The number of imidazole rings is 1. The van der Waals surface area contributed by atoms with Crippen molar-refractivity contribution >= 4 is 29.5 Å². The van der Waals surface area contributed by atoms with E-state index in [1.54, 1.807) is 36.4 Å². The number of ketones is 1. The first-order valence-electron chi connectivity index (χ1n) is 13.4. The number of amides is 1. The third-order valence-corrected chi connectivity index (χ3v) is 7.33. The monoisotopic (exact) mass is 555 g/mol. The molecule has 0 saturated carbocycles. The number of thioether (sulfide) groups is 1. The summed E-state index contributed by atoms with van der Waals surface area (Å²) in [6.45, 7) is 0.665. The summed E-state index contributed by atoms with van der Waals surface area (Å²) in [4.78, 5) is 31.0. The molecule has 0 saturated heterocycles. The maximum Gasteiger partial charge on any atom is 0.252 e. The van der Waals surface area contributed by atoms with Crippen LogP contribution in [0.2, 0.25) is 0 Å². The number of halogens is 1. The Bertz CT molecular complexity index is 1400. The maximum absolute atomic E-state index is 13.7. The van der Waals surface area contributed by atoms with E-state index in [-0.39, 0.29) is 23.9 Å². The van der Waals surface area contributed by atoms with E-state index >= 15 is 0 Å². The molecule has 1 heterocycles. The number of nitrogens with one attached hydrogen (secondary N) is 1. The van der Waals surface area contributed by atoms with Crippen LogP contribution in [-0.2, 0) is 30.6 Å². The largest absolute Gasteiger partial charge is 0.342 e. The summed E-state index contributed by atoms with van der Waals surface area (Å²) in [5, 5.41) is 3.05. The van der Waals surface area contributed by atoms with Gasteiger partial charge in [0.25, 0.3) is 5.91 Å². The number of aryl methyl sites for hydroxylation is 2. The topological polar surface area (TPSA) is 64.0 Å². The van der Waals surface area contributed by atoms with Gasteiger partial charge in [-0.2, -0.15) is 11.8 Å². The highest BCUT2D eigenvalue weighted by atomic mass is 32.2. The van der Waals surface area contributed by atoms with Gasteiger partial charge >= 0.3 is 0 Å². The van der Waals surface area contributed by atoms with Gasteiger partial charge in [-0.05, 0) is 71.7 Å². The van der Waals surface area contributed by atoms with Crippen LogP contribution in [0.4, 0.5) is 4.39 Å². The molecule has 0 aliphatic carbocycles. The summed E-state index contributed by atoms with van der Waals surface area (Å²) >= 11 is 1.65. The number of aromatic nitrogens is 2. The fourth-order valence-corrected chi connectivity index (χ4v) is 4.94. The Morgan fingerprint density at radius 2 is 1.82 bits per heavy atom. The predicted molar refractivity (Wildman–Crippen MR) is 161 cm³/mol. The fraction of sp³-hybridized carbons (Fsp3) is 0.242. The molecule has 1 N–H and O–H groups in total. The third kappa shape index (κ3) is 8.78. The average Bonchev–Trinajstić information content (AvgIpc) is 3.49. The first kappa shape index (κ1) is 29.0. The molecule has 1 amide bonds. The van der Waals surface area contributed by atoms with Gasteiger partial charge in [0.15, 0.2) is 5.78 Å². The van der Waals surface area contributed by atoms with E-state index in [1.165, 1.54) is 12.1 Å². The Balaban J connectivity index is 1.55. The number of carbonyl (C=O) groups excluding carboxylic acids is 2. The van der Waals surface area contributed by atoms with E-state index in [2.05, 4.69) is 10.3 Å². The Morgan fingerprint density at radius 3 is 2.55 bits per heavy atom. The molecule has 4 aromatic rings. The normalized spacial score (nSPS) is 11.9. The van der Waals surface area contributed by atoms with E-state index < -0.39 is 6.04 Å². The van der Waals surface area contributed by atoms with Crippen LogP contribution >= 0.6 is 11.8 Å². The van der Waals surface area contributed by atoms with Crippen LogP contribution in [0, 0.1) is 5.82 Å². The predicted octanol–water partition coefficient (Wildman–Crippen LogP) is 6.18. The molecule has 206 valence electrons. The number of Topliss-reactive ketones (excluding diaryl/α,β-unsaturated/α-hetero) is 1. The summed E-state index contributed by atoms with van der Waals surface area (Å²) in [5.41, 5.74) is 4.25. The van der Waals surface area contributed by atoms with Crippen LogP contribution < -0.4 is 5.32 Å². The smallest absolute Gasteiger partial charge is 0.252 e. The summed E-state index contributed by atoms with van der Waals surface area (Å²) in [6.07, 6.45) is 13.5. The van der Waals surface area contributed by atoms with Crippen LogP contribution in [0.3, 0.4) is 0 Å². The van der Waals surface area contributed by atoms with E-state index in [1.807, 2.05) is 77.7 Å². The number of nitrogens with zero attached hydrogens (tertiary/aromatic N) is 2. The zero-order valence-electron chi connectivity index (χ0n) is 22.6. The fourth-order valence-electron chi connectivity index (χ4n) is 4.47. The van der Waals surface area contributed by atoms with Crippen LogP contribution in [0.15, 0.2) is 97.6 Å². The number of carbonyl (C=O) groups is 2. The lowest BCUT2D eigenvalue weighted by Gasteiger charge is -2.19. The minimum Gasteiger partial charge on any atom is -0.342 e. The van der Waals surface area contributed by atoms with E-state index in [0.717, 1.165) is 28.0 Å². The second-order valence-electron chi connectivity index (χ2n) is 9.64. The molecule has 0 radical (unpaired) electrons. The number of hydrogen-bond donors (Lipinski definition) is 1. The van der Waals surface area contributed by atoms with E-state index in [9.17, 15) is 14.0 Å². The minimum atomic E-state index is -0.578. The van der Waals surface area contributed by atoms with E-state index in [4.69, 9.17) is 0 Å². The number of hydrogen-bond acceptors (Lipinski definition) is 4. The van der Waals surface area contributed by atoms with Crippen LogP contribution in [0.25, 0.3) is 6.08 Å². The summed E-state index contributed by atoms with van der Waals surface area (Å²) in [6, 6.07) is 21.3. The Morgan fingerprint density at radius 1 is 1.02 bits per heavy atom. The molecule has 1 atom stereocenters. The highest BCUT2D eigenvalue weighted by molar-refractivity contribution is 7.98. The van der Waals surface area contributed by atoms with Gasteiger partial charge in [-0.25, -0.2) is 9.37 Å². The summed E-state index contributed by atoms with van der Waals surface area (Å²) < 4.78 is 15.3. The molecular weight excluding hydrogens is 521 g/mol. The lowest BCUT2D eigenvalue weighted by molar-refractivity contribution is -0.120. The van der Waals surface area contributed by atoms with Crippen molar-refractivity contribution in [2.24, 2.45) is 0 Å². The van der Waals surface area contributed by atoms with Gasteiger partial charge in [0.1, 0.15) is 5.82 Å². The first-order chi connectivity index (χ1) is 19.5. The quantitative estimate of drug-likeness (QED) is 0.202. The van der Waals surface area contributed by atoms with Gasteiger partial charge in [0, 0.05) is 30.9 Å². The van der Waals surface area contributed by atoms with Crippen molar-refractivity contribution in [3.8, 4) is 0 Å². The Kier molecular flexibility index (Phi) is 10.9. The number of allylic oxidation sites excluding steroid dienone is 1. The van der Waals surface area contributed by atoms with Gasteiger partial charge < -0.3 is 9.88 Å². The molecular formula is C33H34FN3O2S. The van der Waals surface area contributed by atoms with Crippen molar-refractivity contribution in [3.05, 3.63) is 131 Å². The van der Waals surface area contributed by atoms with Gasteiger partial charge in [-0.3, -0.25) is 9.59 Å². The van der Waals surface area contributed by atoms with Crippen molar-refractivity contribution in [1.29, 1.82) is 0 Å². The zero-order chi connectivity index (χ0) is 28.2. The van der Waals surface area contributed by atoms with Crippen LogP contribution in [0.5, 0.6) is 0 Å². The van der Waals surface area contributed by atoms with Crippen molar-refractivity contribution in [1.82, 2.24) is 14.9 Å². The Hall–Kier alpha value is -3.97. The van der Waals surface area contributed by atoms with Gasteiger partial charge in [0.05, 0.1) is 12.4 Å². The molecule has 0 spiro atoms. The lowest BCUT2D eigenvalue weighted by atomic mass is 9.96. The second kappa shape index (κ2) is 15.0. The van der Waals surface area contributed by atoms with Crippen LogP contribution in [-0.4, -0.2) is 39.3 Å². The summed E-state index contributed by atoms with van der Waals surface area (Å²) in [5.74, 6) is 0.233. The highest BCUT2D eigenvalue weighted by Crippen LogP contribution is 2.18. The highest BCUT2D eigenvalue weighted by Gasteiger charge is 2.23. The van der Waals surface area contributed by atoms with E-state index in [0.29, 0.717) is 31.4 Å². The zero-order valence-corrected chi connectivity index (χ0v) is 23.4. The molecule has 0 unspecified atom stereocenters. The van der Waals surface area contributed by atoms with Crippen molar-refractivity contribution < 1.29 is 14.0 Å². The molecule has 5 nitrogen and oxygen atoms in total. The Labute approximate surface area is 239 Å². The molecule has 0 aliphatic rings. The van der Waals surface area contributed by atoms with Crippen molar-refractivity contribution in [2.75, 3.05) is 12.0 Å². The molecule has 40 heavy (non-hydrogen) atoms. The maximum atomic E-state index is 13.7. The summed E-state index contributed by atoms with van der Waals surface area (Å²) in [7, 11) is 0. The molecule has 0 aliphatic heterocycles. The standard InChI is InChI=1S/C33H34FN3O2S/c1-40-21-17-31(32(38)23-26-6-3-2-4-7-26)36-33(39)30-22-27(8-5-19-37-20-18-35-24-37)10-14-28(30)13-9-25-11-15-29(34)16-12-25/h2-8,10-12,14-16,18,20,22,24,31H,9,13,17,19,21,23H2,1H3,(H,36,39)/b8-5+/t31-/m0/s1. The van der Waals surface area contributed by atoms with Gasteiger partial charge in [-0.15, -0.1) is 0 Å². The molecule has 1 aromatic heterocycles. The molecule has 0 fully saturated rings. The number of rotatable bonds is 14. The minimum absolute atomic E-state index is 0.00200. The van der Waals surface area contributed by atoms with Crippen molar-refractivity contribution in [2.45, 2.75) is 38.3 Å². The van der Waals surface area contributed by atoms with Gasteiger partial charge in [-0.1, -0.05) is 66.7 Å². The molecule has 4 rings (SSSR count). The third-order valence-electron chi connectivity index (χ3n) is 6.69. The van der Waals surface area contributed by atoms with Gasteiger partial charge in [0.2, 0.25) is 0 Å².